The number of hydrogen-bond donors (Lipinski definition) is 1. The van der Waals surface area contributed by atoms with E-state index in [-0.39, 0.29) is 0 Å². The van der Waals surface area contributed by atoms with E-state index < -0.39 is 0 Å². The molecule has 1 N–H and O–H groups in total. The summed E-state index contributed by atoms with van der Waals surface area (Å²) in [6.45, 7) is 4.09. The van der Waals surface area contributed by atoms with Crippen LogP contribution in [-0.2, 0) is 11.4 Å². The van der Waals surface area contributed by atoms with Crippen LogP contribution in [-0.4, -0.2) is 0 Å². The molecule has 0 radical (unpaired) electrons. The molecule has 94 valence electrons. The van der Waals surface area contributed by atoms with Crippen molar-refractivity contribution < 1.29 is 4.84 Å². The van der Waals surface area contributed by atoms with Crippen LogP contribution in [0.4, 0.5) is 0 Å². The lowest BCUT2D eigenvalue weighted by Gasteiger charge is -2.11. The molecule has 0 aromatic heterocycles. The average molecular weight is 249 g/mol. The fourth-order valence-corrected chi connectivity index (χ4v) is 2.44. The van der Waals surface area contributed by atoms with E-state index in [4.69, 9.17) is 4.84 Å². The Balaban J connectivity index is 2.23. The molecule has 0 aliphatic carbocycles. The summed E-state index contributed by atoms with van der Waals surface area (Å²) in [5, 5.41) is 4.93. The highest BCUT2D eigenvalue weighted by Crippen LogP contribution is 2.28. The SMILES string of the molecule is C=CNOCc1c2ccccc2cc2ccccc12. The lowest BCUT2D eigenvalue weighted by Crippen LogP contribution is -2.06. The van der Waals surface area contributed by atoms with E-state index in [1.54, 1.807) is 0 Å². The number of benzene rings is 3. The van der Waals surface area contributed by atoms with Gasteiger partial charge >= 0.3 is 0 Å². The first-order valence-electron chi connectivity index (χ1n) is 6.28. The molecule has 0 saturated carbocycles. The van der Waals surface area contributed by atoms with Crippen molar-refractivity contribution >= 4 is 21.5 Å². The van der Waals surface area contributed by atoms with E-state index in [0.29, 0.717) is 6.61 Å². The van der Waals surface area contributed by atoms with Gasteiger partial charge in [-0.05, 0) is 33.2 Å². The molecule has 2 nitrogen and oxygen atoms in total. The van der Waals surface area contributed by atoms with E-state index in [1.807, 2.05) is 0 Å². The summed E-state index contributed by atoms with van der Waals surface area (Å²) in [6.07, 6.45) is 1.54. The first-order chi connectivity index (χ1) is 9.40. The van der Waals surface area contributed by atoms with Crippen LogP contribution in [0.15, 0.2) is 67.4 Å². The molecule has 0 bridgehead atoms. The minimum atomic E-state index is 0.508. The van der Waals surface area contributed by atoms with E-state index in [0.717, 1.165) is 0 Å². The van der Waals surface area contributed by atoms with Crippen molar-refractivity contribution in [1.82, 2.24) is 5.48 Å². The molecule has 0 unspecified atom stereocenters. The molecule has 0 saturated heterocycles. The molecular formula is C17H15NO. The monoisotopic (exact) mass is 249 g/mol. The summed E-state index contributed by atoms with van der Waals surface area (Å²) in [6, 6.07) is 19.0. The molecular weight excluding hydrogens is 234 g/mol. The maximum Gasteiger partial charge on any atom is 0.101 e. The van der Waals surface area contributed by atoms with Gasteiger partial charge in [0.25, 0.3) is 0 Å². The molecule has 0 aliphatic heterocycles. The third-order valence-electron chi connectivity index (χ3n) is 3.27. The van der Waals surface area contributed by atoms with Gasteiger partial charge in [0, 0.05) is 6.20 Å². The summed E-state index contributed by atoms with van der Waals surface area (Å²) in [4.78, 5) is 5.42. The second-order valence-electron chi connectivity index (χ2n) is 4.41. The van der Waals surface area contributed by atoms with E-state index in [2.05, 4.69) is 66.7 Å². The Kier molecular flexibility index (Phi) is 3.17. The zero-order valence-corrected chi connectivity index (χ0v) is 10.6. The van der Waals surface area contributed by atoms with Gasteiger partial charge < -0.3 is 0 Å². The third kappa shape index (κ3) is 2.18. The average Bonchev–Trinajstić information content (AvgIpc) is 2.46. The second-order valence-corrected chi connectivity index (χ2v) is 4.41. The predicted octanol–water partition coefficient (Wildman–Crippen LogP) is 4.16. The fraction of sp³-hybridized carbons (Fsp3) is 0.0588. The topological polar surface area (TPSA) is 21.3 Å². The standard InChI is InChI=1S/C17H15NO/c1-2-18-19-12-17-15-9-5-3-7-13(15)11-14-8-4-6-10-16(14)17/h2-11,18H,1,12H2. The molecule has 3 aromatic rings. The van der Waals surface area contributed by atoms with Crippen molar-refractivity contribution in [2.24, 2.45) is 0 Å². The molecule has 0 heterocycles. The summed E-state index contributed by atoms with van der Waals surface area (Å²) in [5.74, 6) is 0. The normalized spacial score (nSPS) is 10.7. The Morgan fingerprint density at radius 2 is 1.53 bits per heavy atom. The molecule has 0 spiro atoms. The second kappa shape index (κ2) is 5.12. The van der Waals surface area contributed by atoms with Crippen LogP contribution < -0.4 is 5.48 Å². The number of rotatable bonds is 4. The minimum absolute atomic E-state index is 0.508. The van der Waals surface area contributed by atoms with Crippen molar-refractivity contribution in [3.05, 3.63) is 72.9 Å². The predicted molar refractivity (Wildman–Crippen MR) is 79.6 cm³/mol. The number of hydrogen-bond acceptors (Lipinski definition) is 2. The van der Waals surface area contributed by atoms with Crippen LogP contribution in [0.3, 0.4) is 0 Å². The summed E-state index contributed by atoms with van der Waals surface area (Å²) in [7, 11) is 0. The van der Waals surface area contributed by atoms with Gasteiger partial charge in [-0.1, -0.05) is 55.1 Å². The van der Waals surface area contributed by atoms with Crippen LogP contribution in [0.1, 0.15) is 5.56 Å². The smallest absolute Gasteiger partial charge is 0.101 e. The quantitative estimate of drug-likeness (QED) is 0.426. The largest absolute Gasteiger partial charge is 0.275 e. The highest BCUT2D eigenvalue weighted by atomic mass is 16.6. The van der Waals surface area contributed by atoms with Crippen molar-refractivity contribution in [3.8, 4) is 0 Å². The molecule has 2 heteroatoms. The van der Waals surface area contributed by atoms with Gasteiger partial charge in [-0.2, -0.15) is 0 Å². The Hall–Kier alpha value is -2.32. The van der Waals surface area contributed by atoms with Crippen molar-refractivity contribution in [2.75, 3.05) is 0 Å². The van der Waals surface area contributed by atoms with Crippen molar-refractivity contribution in [3.63, 3.8) is 0 Å². The number of hydroxylamine groups is 1. The van der Waals surface area contributed by atoms with Crippen molar-refractivity contribution in [1.29, 1.82) is 0 Å². The summed E-state index contributed by atoms with van der Waals surface area (Å²) in [5.41, 5.74) is 3.89. The van der Waals surface area contributed by atoms with Crippen molar-refractivity contribution in [2.45, 2.75) is 6.61 Å². The molecule has 0 amide bonds. The van der Waals surface area contributed by atoms with Crippen LogP contribution in [0.5, 0.6) is 0 Å². The van der Waals surface area contributed by atoms with E-state index in [9.17, 15) is 0 Å². The maximum absolute atomic E-state index is 5.42. The Morgan fingerprint density at radius 3 is 2.11 bits per heavy atom. The van der Waals surface area contributed by atoms with Gasteiger partial charge in [0.05, 0.1) is 0 Å². The molecule has 19 heavy (non-hydrogen) atoms. The van der Waals surface area contributed by atoms with Gasteiger partial charge in [0.2, 0.25) is 0 Å². The van der Waals surface area contributed by atoms with Gasteiger partial charge in [-0.25, -0.2) is 0 Å². The van der Waals surface area contributed by atoms with Crippen LogP contribution in [0.25, 0.3) is 21.5 Å². The molecule has 3 rings (SSSR count). The number of nitrogens with one attached hydrogen (secondary N) is 1. The number of fused-ring (bicyclic) bond motifs is 2. The van der Waals surface area contributed by atoms with Gasteiger partial charge in [0.15, 0.2) is 0 Å². The fourth-order valence-electron chi connectivity index (χ4n) is 2.44. The Bertz CT molecular complexity index is 679. The zero-order chi connectivity index (χ0) is 13.1. The molecule has 3 aromatic carbocycles. The lowest BCUT2D eigenvalue weighted by molar-refractivity contribution is 0.0592. The van der Waals surface area contributed by atoms with Crippen LogP contribution in [0, 0.1) is 0 Å². The highest BCUT2D eigenvalue weighted by Gasteiger charge is 2.07. The summed E-state index contributed by atoms with van der Waals surface area (Å²) >= 11 is 0. The van der Waals surface area contributed by atoms with Crippen LogP contribution in [0.2, 0.25) is 0 Å². The third-order valence-corrected chi connectivity index (χ3v) is 3.27. The highest BCUT2D eigenvalue weighted by molar-refractivity contribution is 6.02. The summed E-state index contributed by atoms with van der Waals surface area (Å²) < 4.78 is 0. The minimum Gasteiger partial charge on any atom is -0.275 e. The maximum atomic E-state index is 5.42. The molecule has 0 aliphatic rings. The zero-order valence-electron chi connectivity index (χ0n) is 10.6. The van der Waals surface area contributed by atoms with Gasteiger partial charge in [-0.3, -0.25) is 10.3 Å². The van der Waals surface area contributed by atoms with Crippen LogP contribution >= 0.6 is 0 Å². The molecule has 0 fully saturated rings. The van der Waals surface area contributed by atoms with Gasteiger partial charge in [0.1, 0.15) is 6.61 Å². The Morgan fingerprint density at radius 1 is 0.947 bits per heavy atom. The first kappa shape index (κ1) is 11.8. The lowest BCUT2D eigenvalue weighted by atomic mass is 9.97. The van der Waals surface area contributed by atoms with Gasteiger partial charge in [-0.15, -0.1) is 0 Å². The first-order valence-corrected chi connectivity index (χ1v) is 6.28. The Labute approximate surface area is 112 Å². The van der Waals surface area contributed by atoms with E-state index >= 15 is 0 Å². The molecule has 0 atom stereocenters. The van der Waals surface area contributed by atoms with E-state index in [1.165, 1.54) is 33.3 Å².